The topological polar surface area (TPSA) is 102 Å². The zero-order chi connectivity index (χ0) is 30.8. The molecular formula is C28H25F5N4O4S. The van der Waals surface area contributed by atoms with E-state index >= 15 is 0 Å². The Morgan fingerprint density at radius 3 is 2.38 bits per heavy atom. The SMILES string of the molecule is CCS(=O)(=O)CCN(C(=O)Cc1ccc(C(F)(F)F)c(F)c1)[C@H](C)c1nc2ncccc2c(=O)n1-c1ccc(F)cc1. The van der Waals surface area contributed by atoms with E-state index in [-0.39, 0.29) is 40.4 Å². The van der Waals surface area contributed by atoms with Crippen molar-refractivity contribution < 1.29 is 35.2 Å². The molecule has 0 spiro atoms. The number of alkyl halides is 3. The highest BCUT2D eigenvalue weighted by molar-refractivity contribution is 7.91. The van der Waals surface area contributed by atoms with Crippen LogP contribution >= 0.6 is 0 Å². The monoisotopic (exact) mass is 608 g/mol. The summed E-state index contributed by atoms with van der Waals surface area (Å²) in [4.78, 5) is 36.9. The van der Waals surface area contributed by atoms with Crippen LogP contribution in [0.15, 0.2) is 65.6 Å². The fourth-order valence-corrected chi connectivity index (χ4v) is 5.15. The molecule has 0 N–H and O–H groups in total. The standard InChI is InChI=1S/C28H25F5N4O4S/c1-3-42(40,41)14-13-36(24(38)16-18-6-11-22(23(30)15-18)28(31,32)33)17(2)26-35-25-21(5-4-12-34-25)27(39)37(26)20-9-7-19(29)8-10-20/h4-12,15,17H,3,13-14,16H2,1-2H3/t17-/m1/s1. The van der Waals surface area contributed by atoms with Crippen LogP contribution < -0.4 is 5.56 Å². The number of aromatic nitrogens is 3. The predicted molar refractivity (Wildman–Crippen MR) is 145 cm³/mol. The number of benzene rings is 2. The zero-order valence-electron chi connectivity index (χ0n) is 22.4. The first-order valence-electron chi connectivity index (χ1n) is 12.7. The zero-order valence-corrected chi connectivity index (χ0v) is 23.2. The van der Waals surface area contributed by atoms with Gasteiger partial charge in [-0.05, 0) is 61.0 Å². The van der Waals surface area contributed by atoms with Gasteiger partial charge in [-0.3, -0.25) is 14.2 Å². The normalized spacial score (nSPS) is 12.8. The van der Waals surface area contributed by atoms with Crippen LogP contribution in [0.3, 0.4) is 0 Å². The number of pyridine rings is 1. The van der Waals surface area contributed by atoms with Crippen molar-refractivity contribution in [1.82, 2.24) is 19.4 Å². The number of nitrogens with zero attached hydrogens (tertiary/aromatic N) is 4. The summed E-state index contributed by atoms with van der Waals surface area (Å²) in [5, 5.41) is 0.129. The van der Waals surface area contributed by atoms with Gasteiger partial charge in [-0.25, -0.2) is 27.2 Å². The summed E-state index contributed by atoms with van der Waals surface area (Å²) >= 11 is 0. The maximum atomic E-state index is 14.2. The average molecular weight is 609 g/mol. The maximum absolute atomic E-state index is 14.2. The average Bonchev–Trinajstić information content (AvgIpc) is 2.93. The van der Waals surface area contributed by atoms with E-state index in [0.29, 0.717) is 12.1 Å². The molecule has 42 heavy (non-hydrogen) atoms. The molecule has 0 saturated heterocycles. The van der Waals surface area contributed by atoms with Gasteiger partial charge >= 0.3 is 6.18 Å². The van der Waals surface area contributed by atoms with E-state index in [1.807, 2.05) is 0 Å². The molecule has 2 heterocycles. The Morgan fingerprint density at radius 1 is 1.07 bits per heavy atom. The Bertz CT molecular complexity index is 1790. The Labute approximate surface area is 237 Å². The Hall–Kier alpha value is -4.20. The Kier molecular flexibility index (Phi) is 8.76. The predicted octanol–water partition coefficient (Wildman–Crippen LogP) is 4.64. The van der Waals surface area contributed by atoms with Gasteiger partial charge in [0.2, 0.25) is 5.91 Å². The van der Waals surface area contributed by atoms with E-state index in [2.05, 4.69) is 9.97 Å². The summed E-state index contributed by atoms with van der Waals surface area (Å²) in [6.45, 7) is 2.55. The molecule has 4 aromatic rings. The van der Waals surface area contributed by atoms with Crippen molar-refractivity contribution >= 4 is 26.8 Å². The fourth-order valence-electron chi connectivity index (χ4n) is 4.39. The van der Waals surface area contributed by atoms with E-state index in [0.717, 1.165) is 27.7 Å². The van der Waals surface area contributed by atoms with Crippen LogP contribution in [0.25, 0.3) is 16.7 Å². The van der Waals surface area contributed by atoms with Gasteiger partial charge in [0.15, 0.2) is 15.5 Å². The quantitative estimate of drug-likeness (QED) is 0.257. The first-order valence-corrected chi connectivity index (χ1v) is 14.5. The van der Waals surface area contributed by atoms with E-state index in [1.165, 1.54) is 44.3 Å². The van der Waals surface area contributed by atoms with E-state index < -0.39 is 62.9 Å². The van der Waals surface area contributed by atoms with Gasteiger partial charge in [-0.15, -0.1) is 0 Å². The van der Waals surface area contributed by atoms with Crippen molar-refractivity contribution in [3.8, 4) is 5.69 Å². The van der Waals surface area contributed by atoms with Gasteiger partial charge in [0.1, 0.15) is 17.5 Å². The van der Waals surface area contributed by atoms with E-state index in [4.69, 9.17) is 0 Å². The highest BCUT2D eigenvalue weighted by Gasteiger charge is 2.34. The molecule has 1 amide bonds. The van der Waals surface area contributed by atoms with Crippen LogP contribution in [-0.2, 0) is 27.2 Å². The largest absolute Gasteiger partial charge is 0.419 e. The van der Waals surface area contributed by atoms with Crippen molar-refractivity contribution in [2.75, 3.05) is 18.1 Å². The molecule has 0 aliphatic heterocycles. The molecule has 0 radical (unpaired) electrons. The molecule has 0 saturated carbocycles. The molecule has 4 rings (SSSR count). The summed E-state index contributed by atoms with van der Waals surface area (Å²) in [6, 6.07) is 8.91. The van der Waals surface area contributed by atoms with Crippen LogP contribution in [0.4, 0.5) is 22.0 Å². The van der Waals surface area contributed by atoms with Crippen molar-refractivity contribution in [2.24, 2.45) is 0 Å². The lowest BCUT2D eigenvalue weighted by atomic mass is 10.1. The highest BCUT2D eigenvalue weighted by Crippen LogP contribution is 2.32. The summed E-state index contributed by atoms with van der Waals surface area (Å²) in [6.07, 6.45) is -4.10. The first-order chi connectivity index (χ1) is 19.7. The number of amides is 1. The number of halogens is 5. The second-order valence-electron chi connectivity index (χ2n) is 9.45. The summed E-state index contributed by atoms with van der Waals surface area (Å²) in [5.74, 6) is -3.59. The van der Waals surface area contributed by atoms with Crippen LogP contribution in [0.5, 0.6) is 0 Å². The minimum Gasteiger partial charge on any atom is -0.331 e. The van der Waals surface area contributed by atoms with E-state index in [1.54, 1.807) is 0 Å². The highest BCUT2D eigenvalue weighted by atomic mass is 32.2. The van der Waals surface area contributed by atoms with Crippen LogP contribution in [-0.4, -0.2) is 51.8 Å². The minimum absolute atomic E-state index is 0.0290. The molecule has 0 aliphatic rings. The van der Waals surface area contributed by atoms with Crippen LogP contribution in [0.1, 0.15) is 36.8 Å². The third-order valence-electron chi connectivity index (χ3n) is 6.69. The van der Waals surface area contributed by atoms with Gasteiger partial charge in [0, 0.05) is 18.5 Å². The second kappa shape index (κ2) is 12.0. The van der Waals surface area contributed by atoms with Crippen molar-refractivity contribution in [1.29, 1.82) is 0 Å². The Balaban J connectivity index is 1.81. The van der Waals surface area contributed by atoms with Crippen LogP contribution in [0, 0.1) is 11.6 Å². The number of carbonyl (C=O) groups excluding carboxylic acids is 1. The number of hydrogen-bond donors (Lipinski definition) is 0. The second-order valence-corrected chi connectivity index (χ2v) is 11.9. The molecule has 8 nitrogen and oxygen atoms in total. The van der Waals surface area contributed by atoms with Crippen LogP contribution in [0.2, 0.25) is 0 Å². The number of carbonyl (C=O) groups is 1. The van der Waals surface area contributed by atoms with Gasteiger partial charge in [0.25, 0.3) is 5.56 Å². The van der Waals surface area contributed by atoms with E-state index in [9.17, 15) is 40.0 Å². The molecule has 2 aromatic carbocycles. The van der Waals surface area contributed by atoms with Crippen molar-refractivity contribution in [3.05, 3.63) is 99.7 Å². The molecule has 0 fully saturated rings. The summed E-state index contributed by atoms with van der Waals surface area (Å²) in [7, 11) is -3.60. The molecule has 14 heteroatoms. The third kappa shape index (κ3) is 6.64. The van der Waals surface area contributed by atoms with Crippen molar-refractivity contribution in [2.45, 2.75) is 32.5 Å². The van der Waals surface area contributed by atoms with Gasteiger partial charge < -0.3 is 4.90 Å². The summed E-state index contributed by atoms with van der Waals surface area (Å²) in [5.41, 5.74) is -1.90. The molecule has 2 aromatic heterocycles. The van der Waals surface area contributed by atoms with Gasteiger partial charge in [-0.1, -0.05) is 13.0 Å². The molecular weight excluding hydrogens is 583 g/mol. The smallest absolute Gasteiger partial charge is 0.331 e. The van der Waals surface area contributed by atoms with Crippen molar-refractivity contribution in [3.63, 3.8) is 0 Å². The number of fused-ring (bicyclic) bond motifs is 1. The first kappa shape index (κ1) is 30.8. The molecule has 0 unspecified atom stereocenters. The molecule has 0 bridgehead atoms. The molecule has 0 aliphatic carbocycles. The maximum Gasteiger partial charge on any atom is 0.419 e. The molecule has 222 valence electrons. The molecule has 1 atom stereocenters. The number of rotatable bonds is 9. The summed E-state index contributed by atoms with van der Waals surface area (Å²) < 4.78 is 92.9. The minimum atomic E-state index is -4.93. The van der Waals surface area contributed by atoms with Gasteiger partial charge in [0.05, 0.1) is 34.9 Å². The lowest BCUT2D eigenvalue weighted by Gasteiger charge is -2.30. The Morgan fingerprint density at radius 2 is 1.76 bits per heavy atom. The third-order valence-corrected chi connectivity index (χ3v) is 8.38. The lowest BCUT2D eigenvalue weighted by Crippen LogP contribution is -2.41. The fraction of sp³-hybridized carbons (Fsp3) is 0.286. The lowest BCUT2D eigenvalue weighted by molar-refractivity contribution is -0.140. The number of hydrogen-bond acceptors (Lipinski definition) is 6. The number of sulfone groups is 1. The van der Waals surface area contributed by atoms with Gasteiger partial charge in [-0.2, -0.15) is 13.2 Å².